The van der Waals surface area contributed by atoms with Crippen molar-refractivity contribution in [1.29, 1.82) is 5.26 Å². The summed E-state index contributed by atoms with van der Waals surface area (Å²) in [6.07, 6.45) is 1.02. The normalized spacial score (nSPS) is 10.6. The maximum atomic E-state index is 13.4. The lowest BCUT2D eigenvalue weighted by atomic mass is 10.1. The third kappa shape index (κ3) is 4.34. The molecule has 0 unspecified atom stereocenters. The highest BCUT2D eigenvalue weighted by atomic mass is 32.1. The molecule has 4 rings (SSSR count). The van der Waals surface area contributed by atoms with E-state index in [1.807, 2.05) is 54.6 Å². The van der Waals surface area contributed by atoms with Crippen molar-refractivity contribution in [3.05, 3.63) is 95.6 Å². The van der Waals surface area contributed by atoms with Gasteiger partial charge in [-0.3, -0.25) is 9.69 Å². The lowest BCUT2D eigenvalue weighted by Gasteiger charge is -2.20. The van der Waals surface area contributed by atoms with Gasteiger partial charge < -0.3 is 0 Å². The fourth-order valence-corrected chi connectivity index (χ4v) is 4.20. The summed E-state index contributed by atoms with van der Waals surface area (Å²) in [4.78, 5) is 19.9. The van der Waals surface area contributed by atoms with E-state index < -0.39 is 0 Å². The van der Waals surface area contributed by atoms with Crippen LogP contribution in [0.5, 0.6) is 0 Å². The van der Waals surface area contributed by atoms with Gasteiger partial charge in [0.2, 0.25) is 0 Å². The van der Waals surface area contributed by atoms with Crippen LogP contribution in [-0.2, 0) is 12.8 Å². The van der Waals surface area contributed by atoms with E-state index in [0.29, 0.717) is 17.2 Å². The molecule has 0 saturated heterocycles. The van der Waals surface area contributed by atoms with Crippen LogP contribution in [0.25, 0.3) is 10.2 Å². The number of amides is 1. The molecule has 0 aliphatic heterocycles. The Morgan fingerprint density at radius 2 is 1.72 bits per heavy atom. The lowest BCUT2D eigenvalue weighted by Crippen LogP contribution is -2.33. The number of carbonyl (C=O) groups excluding carboxylic acids is 1. The molecular formula is C24H19N3OS. The van der Waals surface area contributed by atoms with Crippen LogP contribution in [-0.4, -0.2) is 17.4 Å². The molecule has 4 aromatic rings. The first-order valence-corrected chi connectivity index (χ1v) is 10.2. The number of hydrogen-bond donors (Lipinski definition) is 0. The minimum atomic E-state index is -0.0974. The van der Waals surface area contributed by atoms with E-state index in [9.17, 15) is 4.79 Å². The summed E-state index contributed by atoms with van der Waals surface area (Å²) >= 11 is 1.52. The highest BCUT2D eigenvalue weighted by Crippen LogP contribution is 2.30. The second-order valence-electron chi connectivity index (χ2n) is 6.69. The molecule has 0 spiro atoms. The molecule has 0 aliphatic rings. The van der Waals surface area contributed by atoms with Crippen LogP contribution in [0.15, 0.2) is 78.9 Å². The van der Waals surface area contributed by atoms with Crippen LogP contribution in [0, 0.1) is 11.3 Å². The molecule has 1 aromatic heterocycles. The standard InChI is InChI=1S/C24H19N3OS/c25-15-13-19-9-6-10-20(17-19)23(28)27(16-14-18-7-2-1-3-8-18)24-26-21-11-4-5-12-22(21)29-24/h1-12,17H,13-14,16H2. The van der Waals surface area contributed by atoms with Crippen LogP contribution < -0.4 is 4.90 Å². The molecule has 0 saturated carbocycles. The van der Waals surface area contributed by atoms with Crippen LogP contribution in [0.1, 0.15) is 21.5 Å². The number of fused-ring (bicyclic) bond motifs is 1. The zero-order valence-electron chi connectivity index (χ0n) is 15.8. The van der Waals surface area contributed by atoms with E-state index in [1.165, 1.54) is 16.9 Å². The zero-order chi connectivity index (χ0) is 20.1. The Bertz CT molecular complexity index is 1140. The van der Waals surface area contributed by atoms with Gasteiger partial charge in [-0.25, -0.2) is 4.98 Å². The quantitative estimate of drug-likeness (QED) is 0.446. The van der Waals surface area contributed by atoms with Gasteiger partial charge in [0.15, 0.2) is 5.13 Å². The highest BCUT2D eigenvalue weighted by molar-refractivity contribution is 7.22. The van der Waals surface area contributed by atoms with Gasteiger partial charge in [-0.15, -0.1) is 0 Å². The van der Waals surface area contributed by atoms with Gasteiger partial charge in [-0.05, 0) is 41.8 Å². The molecule has 0 bridgehead atoms. The molecule has 3 aromatic carbocycles. The van der Waals surface area contributed by atoms with Crippen LogP contribution >= 0.6 is 11.3 Å². The van der Waals surface area contributed by atoms with E-state index >= 15 is 0 Å². The number of aromatic nitrogens is 1. The predicted molar refractivity (Wildman–Crippen MR) is 117 cm³/mol. The van der Waals surface area contributed by atoms with Gasteiger partial charge in [0.1, 0.15) is 0 Å². The summed E-state index contributed by atoms with van der Waals surface area (Å²) in [5.74, 6) is -0.0974. The second kappa shape index (κ2) is 8.68. The number of hydrogen-bond acceptors (Lipinski definition) is 4. The van der Waals surface area contributed by atoms with Crippen molar-refractivity contribution < 1.29 is 4.79 Å². The van der Waals surface area contributed by atoms with Gasteiger partial charge in [-0.1, -0.05) is 65.9 Å². The van der Waals surface area contributed by atoms with Crippen molar-refractivity contribution >= 4 is 32.6 Å². The smallest absolute Gasteiger partial charge is 0.260 e. The Kier molecular flexibility index (Phi) is 5.64. The molecule has 0 fully saturated rings. The van der Waals surface area contributed by atoms with Crippen molar-refractivity contribution in [1.82, 2.24) is 4.98 Å². The maximum absolute atomic E-state index is 13.4. The summed E-state index contributed by atoms with van der Waals surface area (Å²) in [6.45, 7) is 0.533. The average molecular weight is 398 g/mol. The number of rotatable bonds is 6. The fourth-order valence-electron chi connectivity index (χ4n) is 3.21. The number of thiazole rings is 1. The Balaban J connectivity index is 1.68. The van der Waals surface area contributed by atoms with Crippen molar-refractivity contribution in [3.63, 3.8) is 0 Å². The topological polar surface area (TPSA) is 57.0 Å². The lowest BCUT2D eigenvalue weighted by molar-refractivity contribution is 0.0987. The number of nitrogens with zero attached hydrogens (tertiary/aromatic N) is 3. The van der Waals surface area contributed by atoms with E-state index in [2.05, 4.69) is 18.2 Å². The first-order valence-electron chi connectivity index (χ1n) is 9.42. The summed E-state index contributed by atoms with van der Waals surface area (Å²) in [5.41, 5.74) is 3.48. The molecular weight excluding hydrogens is 378 g/mol. The first-order chi connectivity index (χ1) is 14.2. The predicted octanol–water partition coefficient (Wildman–Crippen LogP) is 5.25. The maximum Gasteiger partial charge on any atom is 0.260 e. The van der Waals surface area contributed by atoms with Crippen LogP contribution in [0.2, 0.25) is 0 Å². The Morgan fingerprint density at radius 3 is 2.52 bits per heavy atom. The second-order valence-corrected chi connectivity index (χ2v) is 7.70. The van der Waals surface area contributed by atoms with E-state index in [1.54, 1.807) is 17.0 Å². The number of benzene rings is 3. The number of para-hydroxylation sites is 1. The van der Waals surface area contributed by atoms with E-state index in [4.69, 9.17) is 10.2 Å². The zero-order valence-corrected chi connectivity index (χ0v) is 16.6. The largest absolute Gasteiger partial charge is 0.284 e. The van der Waals surface area contributed by atoms with Crippen molar-refractivity contribution in [2.24, 2.45) is 0 Å². The SMILES string of the molecule is N#CCc1cccc(C(=O)N(CCc2ccccc2)c2nc3ccccc3s2)c1. The highest BCUT2D eigenvalue weighted by Gasteiger charge is 2.21. The van der Waals surface area contributed by atoms with Gasteiger partial charge in [0, 0.05) is 12.1 Å². The van der Waals surface area contributed by atoms with E-state index in [-0.39, 0.29) is 12.3 Å². The molecule has 142 valence electrons. The Morgan fingerprint density at radius 1 is 0.966 bits per heavy atom. The number of nitriles is 1. The minimum absolute atomic E-state index is 0.0974. The first kappa shape index (κ1) is 18.9. The molecule has 29 heavy (non-hydrogen) atoms. The molecule has 1 heterocycles. The third-order valence-corrected chi connectivity index (χ3v) is 5.74. The minimum Gasteiger partial charge on any atom is -0.284 e. The summed E-state index contributed by atoms with van der Waals surface area (Å²) < 4.78 is 1.05. The van der Waals surface area contributed by atoms with Crippen molar-refractivity contribution in [2.45, 2.75) is 12.8 Å². The van der Waals surface area contributed by atoms with Gasteiger partial charge in [-0.2, -0.15) is 5.26 Å². The van der Waals surface area contributed by atoms with Gasteiger partial charge >= 0.3 is 0 Å². The van der Waals surface area contributed by atoms with Crippen molar-refractivity contribution in [2.75, 3.05) is 11.4 Å². The molecule has 1 amide bonds. The van der Waals surface area contributed by atoms with E-state index in [0.717, 1.165) is 22.2 Å². The van der Waals surface area contributed by atoms with Crippen LogP contribution in [0.3, 0.4) is 0 Å². The molecule has 0 atom stereocenters. The Labute approximate surface area is 173 Å². The van der Waals surface area contributed by atoms with Crippen molar-refractivity contribution in [3.8, 4) is 6.07 Å². The third-order valence-electron chi connectivity index (χ3n) is 4.68. The molecule has 0 N–H and O–H groups in total. The molecule has 0 radical (unpaired) electrons. The summed E-state index contributed by atoms with van der Waals surface area (Å²) in [6, 6.07) is 27.5. The van der Waals surface area contributed by atoms with Crippen LogP contribution in [0.4, 0.5) is 5.13 Å². The number of anilines is 1. The van der Waals surface area contributed by atoms with Gasteiger partial charge in [0.25, 0.3) is 5.91 Å². The van der Waals surface area contributed by atoms with Gasteiger partial charge in [0.05, 0.1) is 22.7 Å². The summed E-state index contributed by atoms with van der Waals surface area (Å²) in [5, 5.41) is 9.67. The summed E-state index contributed by atoms with van der Waals surface area (Å²) in [7, 11) is 0. The Hall–Kier alpha value is -3.49. The monoisotopic (exact) mass is 397 g/mol. The average Bonchev–Trinajstić information content (AvgIpc) is 3.19. The molecule has 0 aliphatic carbocycles. The number of carbonyl (C=O) groups is 1. The molecule has 5 heteroatoms. The fraction of sp³-hybridized carbons (Fsp3) is 0.125. The molecule has 4 nitrogen and oxygen atoms in total.